The number of benzene rings is 2. The maximum Gasteiger partial charge on any atom is 0.135 e. The maximum absolute atomic E-state index is 12.9. The van der Waals surface area contributed by atoms with Crippen molar-refractivity contribution in [2.75, 3.05) is 7.05 Å². The van der Waals surface area contributed by atoms with Crippen molar-refractivity contribution in [1.82, 2.24) is 9.80 Å². The van der Waals surface area contributed by atoms with Crippen LogP contribution in [0.15, 0.2) is 60.7 Å². The Morgan fingerprint density at radius 2 is 1.41 bits per heavy atom. The number of rotatable bonds is 10. The Balaban J connectivity index is 1.87. The van der Waals surface area contributed by atoms with Crippen LogP contribution in [0.1, 0.15) is 64.5 Å². The van der Waals surface area contributed by atoms with Gasteiger partial charge in [-0.25, -0.2) is 0 Å². The van der Waals surface area contributed by atoms with E-state index < -0.39 is 0 Å². The van der Waals surface area contributed by atoms with Gasteiger partial charge in [0.1, 0.15) is 5.78 Å². The molecule has 0 saturated heterocycles. The molecule has 1 fully saturated rings. The molecule has 1 aliphatic rings. The van der Waals surface area contributed by atoms with E-state index in [1.54, 1.807) is 0 Å². The first-order valence-electron chi connectivity index (χ1n) is 12.4. The number of Topliss-reactive ketones (excluding diaryl/α,β-unsaturated/α-hetero) is 1. The van der Waals surface area contributed by atoms with Gasteiger partial charge in [0.2, 0.25) is 0 Å². The van der Waals surface area contributed by atoms with Gasteiger partial charge in [0.05, 0.1) is 0 Å². The van der Waals surface area contributed by atoms with Crippen LogP contribution in [0.25, 0.3) is 0 Å². The van der Waals surface area contributed by atoms with Crippen molar-refractivity contribution in [3.63, 3.8) is 0 Å². The highest BCUT2D eigenvalue weighted by Gasteiger charge is 2.37. The molecule has 0 amide bonds. The predicted molar refractivity (Wildman–Crippen MR) is 134 cm³/mol. The van der Waals surface area contributed by atoms with Crippen LogP contribution in [0.2, 0.25) is 0 Å². The molecule has 3 rings (SSSR count). The van der Waals surface area contributed by atoms with E-state index in [2.05, 4.69) is 91.4 Å². The van der Waals surface area contributed by atoms with Crippen LogP contribution < -0.4 is 0 Å². The summed E-state index contributed by atoms with van der Waals surface area (Å²) < 4.78 is 0. The summed E-state index contributed by atoms with van der Waals surface area (Å²) in [4.78, 5) is 18.0. The van der Waals surface area contributed by atoms with Crippen molar-refractivity contribution in [2.45, 2.75) is 84.6 Å². The molecule has 3 unspecified atom stereocenters. The van der Waals surface area contributed by atoms with Crippen molar-refractivity contribution >= 4 is 5.78 Å². The molecule has 2 aromatic carbocycles. The molecule has 2 aromatic rings. The summed E-state index contributed by atoms with van der Waals surface area (Å²) in [6, 6.07) is 23.1. The maximum atomic E-state index is 12.9. The molecule has 1 saturated carbocycles. The standard InChI is InChI=1S/C29H42N2O/c1-22(2)29(32)19-26-18-27(30(5)23(3)4)16-17-28(26)31(20-24-12-8-6-9-13-24)21-25-14-10-7-11-15-25/h6-15,22-23,26-28H,16-21H2,1-5H3. The van der Waals surface area contributed by atoms with Gasteiger partial charge in [-0.2, -0.15) is 0 Å². The second kappa shape index (κ2) is 11.8. The number of ketones is 1. The average Bonchev–Trinajstić information content (AvgIpc) is 2.79. The summed E-state index contributed by atoms with van der Waals surface area (Å²) in [5, 5.41) is 0. The minimum atomic E-state index is 0.107. The summed E-state index contributed by atoms with van der Waals surface area (Å²) in [7, 11) is 2.25. The molecule has 0 aliphatic heterocycles. The fourth-order valence-corrected chi connectivity index (χ4v) is 5.14. The molecule has 1 aliphatic carbocycles. The Kier molecular flexibility index (Phi) is 9.07. The normalized spacial score (nSPS) is 21.6. The van der Waals surface area contributed by atoms with E-state index in [-0.39, 0.29) is 5.92 Å². The van der Waals surface area contributed by atoms with Gasteiger partial charge in [-0.1, -0.05) is 74.5 Å². The molecule has 0 spiro atoms. The Morgan fingerprint density at radius 1 is 0.875 bits per heavy atom. The monoisotopic (exact) mass is 434 g/mol. The first-order chi connectivity index (χ1) is 15.3. The Morgan fingerprint density at radius 3 is 1.88 bits per heavy atom. The van der Waals surface area contributed by atoms with Gasteiger partial charge in [0.25, 0.3) is 0 Å². The van der Waals surface area contributed by atoms with Crippen LogP contribution in [0.5, 0.6) is 0 Å². The topological polar surface area (TPSA) is 23.6 Å². The van der Waals surface area contributed by atoms with Gasteiger partial charge >= 0.3 is 0 Å². The number of carbonyl (C=O) groups is 1. The summed E-state index contributed by atoms with van der Waals surface area (Å²) >= 11 is 0. The Hall–Kier alpha value is -1.97. The highest BCUT2D eigenvalue weighted by molar-refractivity contribution is 5.80. The van der Waals surface area contributed by atoms with E-state index >= 15 is 0 Å². The quantitative estimate of drug-likeness (QED) is 0.446. The lowest BCUT2D eigenvalue weighted by Gasteiger charge is -2.46. The van der Waals surface area contributed by atoms with E-state index in [1.807, 2.05) is 13.8 Å². The van der Waals surface area contributed by atoms with Gasteiger partial charge in [0, 0.05) is 43.6 Å². The van der Waals surface area contributed by atoms with Crippen molar-refractivity contribution in [3.8, 4) is 0 Å². The fourth-order valence-electron chi connectivity index (χ4n) is 5.14. The van der Waals surface area contributed by atoms with Gasteiger partial charge < -0.3 is 4.90 Å². The van der Waals surface area contributed by atoms with Crippen molar-refractivity contribution in [2.24, 2.45) is 11.8 Å². The number of hydrogen-bond donors (Lipinski definition) is 0. The molecule has 174 valence electrons. The summed E-state index contributed by atoms with van der Waals surface area (Å²) in [6.45, 7) is 10.5. The molecule has 0 bridgehead atoms. The second-order valence-corrected chi connectivity index (χ2v) is 10.3. The third-order valence-corrected chi connectivity index (χ3v) is 7.34. The van der Waals surface area contributed by atoms with E-state index in [4.69, 9.17) is 0 Å². The lowest BCUT2D eigenvalue weighted by atomic mass is 9.76. The van der Waals surface area contributed by atoms with E-state index in [0.29, 0.717) is 36.2 Å². The van der Waals surface area contributed by atoms with Gasteiger partial charge in [-0.3, -0.25) is 9.69 Å². The Labute approximate surface area is 195 Å². The number of carbonyl (C=O) groups excluding carboxylic acids is 1. The van der Waals surface area contributed by atoms with E-state index in [0.717, 1.165) is 25.9 Å². The van der Waals surface area contributed by atoms with E-state index in [1.165, 1.54) is 17.5 Å². The number of hydrogen-bond acceptors (Lipinski definition) is 3. The largest absolute Gasteiger partial charge is 0.301 e. The molecular formula is C29H42N2O. The van der Waals surface area contributed by atoms with Crippen LogP contribution >= 0.6 is 0 Å². The van der Waals surface area contributed by atoms with E-state index in [9.17, 15) is 4.79 Å². The van der Waals surface area contributed by atoms with Crippen LogP contribution in [-0.2, 0) is 17.9 Å². The summed E-state index contributed by atoms with van der Waals surface area (Å²) in [5.41, 5.74) is 2.69. The lowest BCUT2D eigenvalue weighted by Crippen LogP contribution is -2.49. The zero-order valence-electron chi connectivity index (χ0n) is 20.7. The Bertz CT molecular complexity index is 776. The van der Waals surface area contributed by atoms with Gasteiger partial charge in [-0.05, 0) is 57.2 Å². The molecule has 0 radical (unpaired) electrons. The molecule has 3 atom stereocenters. The fraction of sp³-hybridized carbons (Fsp3) is 0.552. The van der Waals surface area contributed by atoms with Crippen LogP contribution in [0, 0.1) is 11.8 Å². The third-order valence-electron chi connectivity index (χ3n) is 7.34. The molecular weight excluding hydrogens is 392 g/mol. The average molecular weight is 435 g/mol. The van der Waals surface area contributed by atoms with Crippen molar-refractivity contribution in [3.05, 3.63) is 71.8 Å². The van der Waals surface area contributed by atoms with Crippen LogP contribution in [0.3, 0.4) is 0 Å². The second-order valence-electron chi connectivity index (χ2n) is 10.3. The minimum absolute atomic E-state index is 0.107. The molecule has 3 heteroatoms. The molecule has 0 N–H and O–H groups in total. The third kappa shape index (κ3) is 6.76. The molecule has 0 heterocycles. The van der Waals surface area contributed by atoms with Crippen LogP contribution in [-0.4, -0.2) is 40.8 Å². The smallest absolute Gasteiger partial charge is 0.135 e. The highest BCUT2D eigenvalue weighted by Crippen LogP contribution is 2.36. The zero-order chi connectivity index (χ0) is 23.1. The van der Waals surface area contributed by atoms with Crippen molar-refractivity contribution < 1.29 is 4.79 Å². The first kappa shape index (κ1) is 24.7. The zero-order valence-corrected chi connectivity index (χ0v) is 20.7. The van der Waals surface area contributed by atoms with Gasteiger partial charge in [0.15, 0.2) is 0 Å². The van der Waals surface area contributed by atoms with Crippen LogP contribution in [0.4, 0.5) is 0 Å². The first-order valence-corrected chi connectivity index (χ1v) is 12.4. The lowest BCUT2D eigenvalue weighted by molar-refractivity contribution is -0.124. The predicted octanol–water partition coefficient (Wildman–Crippen LogP) is 6.18. The van der Waals surface area contributed by atoms with Crippen molar-refractivity contribution in [1.29, 1.82) is 0 Å². The number of nitrogens with zero attached hydrogens (tertiary/aromatic N) is 2. The minimum Gasteiger partial charge on any atom is -0.301 e. The SMILES string of the molecule is CC(C)C(=O)CC1CC(N(C)C(C)C)CCC1N(Cc1ccccc1)Cc1ccccc1. The molecule has 3 nitrogen and oxygen atoms in total. The summed E-state index contributed by atoms with van der Waals surface area (Å²) in [5.74, 6) is 0.917. The summed E-state index contributed by atoms with van der Waals surface area (Å²) in [6.07, 6.45) is 4.16. The molecule has 32 heavy (non-hydrogen) atoms. The molecule has 0 aromatic heterocycles. The van der Waals surface area contributed by atoms with Gasteiger partial charge in [-0.15, -0.1) is 0 Å². The highest BCUT2D eigenvalue weighted by atomic mass is 16.1.